The van der Waals surface area contributed by atoms with Gasteiger partial charge in [-0.3, -0.25) is 4.57 Å². The van der Waals surface area contributed by atoms with E-state index in [2.05, 4.69) is 4.98 Å². The number of nitrogen functional groups attached to an aromatic ring is 1. The fourth-order valence-electron chi connectivity index (χ4n) is 1.55. The Morgan fingerprint density at radius 1 is 1.33 bits per heavy atom. The van der Waals surface area contributed by atoms with Crippen LogP contribution in [0.5, 0.6) is 5.75 Å². The van der Waals surface area contributed by atoms with E-state index in [0.717, 1.165) is 0 Å². The average molecular weight is 245 g/mol. The van der Waals surface area contributed by atoms with Crippen LogP contribution in [-0.2, 0) is 6.54 Å². The normalized spacial score (nSPS) is 10.3. The van der Waals surface area contributed by atoms with Gasteiger partial charge in [0.05, 0.1) is 12.2 Å². The molecule has 5 nitrogen and oxygen atoms in total. The molecule has 94 valence electrons. The molecule has 0 amide bonds. The SMILES string of the molecule is Cc1ccn(CCOc2ccccc2N)c(=O)n1. The Morgan fingerprint density at radius 3 is 2.83 bits per heavy atom. The average Bonchev–Trinajstić information content (AvgIpc) is 2.34. The van der Waals surface area contributed by atoms with Crippen LogP contribution in [0.2, 0.25) is 0 Å². The minimum absolute atomic E-state index is 0.264. The highest BCUT2D eigenvalue weighted by Gasteiger charge is 2.00. The van der Waals surface area contributed by atoms with Crippen molar-refractivity contribution in [3.63, 3.8) is 0 Å². The third-order valence-corrected chi connectivity index (χ3v) is 2.52. The highest BCUT2D eigenvalue weighted by atomic mass is 16.5. The second kappa shape index (κ2) is 5.35. The minimum atomic E-state index is -0.264. The second-order valence-electron chi connectivity index (χ2n) is 3.93. The molecule has 1 aromatic carbocycles. The fraction of sp³-hybridized carbons (Fsp3) is 0.231. The molecule has 0 aliphatic heterocycles. The van der Waals surface area contributed by atoms with Gasteiger partial charge in [-0.25, -0.2) is 4.79 Å². The first-order chi connectivity index (χ1) is 8.66. The molecule has 1 heterocycles. The molecule has 0 saturated carbocycles. The molecule has 0 aliphatic carbocycles. The molecule has 0 atom stereocenters. The van der Waals surface area contributed by atoms with Gasteiger partial charge in [0.1, 0.15) is 12.4 Å². The number of nitrogens with two attached hydrogens (primary N) is 1. The van der Waals surface area contributed by atoms with Gasteiger partial charge in [-0.15, -0.1) is 0 Å². The molecular weight excluding hydrogens is 230 g/mol. The lowest BCUT2D eigenvalue weighted by molar-refractivity contribution is 0.296. The third kappa shape index (κ3) is 2.88. The van der Waals surface area contributed by atoms with E-state index in [1.165, 1.54) is 4.57 Å². The van der Waals surface area contributed by atoms with E-state index < -0.39 is 0 Å². The van der Waals surface area contributed by atoms with Crippen molar-refractivity contribution >= 4 is 5.69 Å². The Balaban J connectivity index is 1.97. The van der Waals surface area contributed by atoms with Crippen LogP contribution in [-0.4, -0.2) is 16.2 Å². The van der Waals surface area contributed by atoms with Gasteiger partial charge in [0.2, 0.25) is 0 Å². The summed E-state index contributed by atoms with van der Waals surface area (Å²) in [5, 5.41) is 0. The Hall–Kier alpha value is -2.30. The number of hydrogen-bond donors (Lipinski definition) is 1. The maximum absolute atomic E-state index is 11.5. The summed E-state index contributed by atoms with van der Waals surface area (Å²) in [6, 6.07) is 9.06. The van der Waals surface area contributed by atoms with Crippen molar-refractivity contribution < 1.29 is 4.74 Å². The van der Waals surface area contributed by atoms with Crippen LogP contribution in [0.25, 0.3) is 0 Å². The summed E-state index contributed by atoms with van der Waals surface area (Å²) < 4.78 is 7.02. The van der Waals surface area contributed by atoms with Gasteiger partial charge in [-0.2, -0.15) is 4.98 Å². The van der Waals surface area contributed by atoms with Gasteiger partial charge in [-0.1, -0.05) is 12.1 Å². The summed E-state index contributed by atoms with van der Waals surface area (Å²) in [6.07, 6.45) is 1.71. The van der Waals surface area contributed by atoms with Crippen LogP contribution in [0.4, 0.5) is 5.69 Å². The Kier molecular flexibility index (Phi) is 3.62. The molecule has 2 rings (SSSR count). The number of rotatable bonds is 4. The molecule has 0 aliphatic rings. The number of hydrogen-bond acceptors (Lipinski definition) is 4. The van der Waals surface area contributed by atoms with Crippen molar-refractivity contribution in [1.82, 2.24) is 9.55 Å². The summed E-state index contributed by atoms with van der Waals surface area (Å²) in [7, 11) is 0. The van der Waals surface area contributed by atoms with Gasteiger partial charge in [0.15, 0.2) is 0 Å². The van der Waals surface area contributed by atoms with E-state index in [4.69, 9.17) is 10.5 Å². The summed E-state index contributed by atoms with van der Waals surface area (Å²) >= 11 is 0. The molecular formula is C13H15N3O2. The maximum Gasteiger partial charge on any atom is 0.347 e. The molecule has 2 N–H and O–H groups in total. The molecule has 0 bridgehead atoms. The Labute approximate surface area is 105 Å². The van der Waals surface area contributed by atoms with Crippen molar-refractivity contribution in [3.05, 3.63) is 52.7 Å². The lowest BCUT2D eigenvalue weighted by Crippen LogP contribution is -2.25. The summed E-state index contributed by atoms with van der Waals surface area (Å²) in [4.78, 5) is 15.4. The molecule has 0 radical (unpaired) electrons. The molecule has 18 heavy (non-hydrogen) atoms. The monoisotopic (exact) mass is 245 g/mol. The first kappa shape index (κ1) is 12.2. The predicted octanol–water partition coefficient (Wildman–Crippen LogP) is 1.21. The summed E-state index contributed by atoms with van der Waals surface area (Å²) in [6.45, 7) is 2.60. The standard InChI is InChI=1S/C13H15N3O2/c1-10-6-7-16(13(17)15-10)8-9-18-12-5-3-2-4-11(12)14/h2-7H,8-9,14H2,1H3. The number of nitrogens with zero attached hydrogens (tertiary/aromatic N) is 2. The lowest BCUT2D eigenvalue weighted by Gasteiger charge is -2.09. The van der Waals surface area contributed by atoms with Crippen LogP contribution in [0.3, 0.4) is 0 Å². The van der Waals surface area contributed by atoms with Gasteiger partial charge in [0.25, 0.3) is 0 Å². The predicted molar refractivity (Wildman–Crippen MR) is 69.6 cm³/mol. The minimum Gasteiger partial charge on any atom is -0.490 e. The fourth-order valence-corrected chi connectivity index (χ4v) is 1.55. The zero-order valence-corrected chi connectivity index (χ0v) is 10.2. The van der Waals surface area contributed by atoms with Crippen LogP contribution < -0.4 is 16.2 Å². The number of aromatic nitrogens is 2. The highest BCUT2D eigenvalue weighted by molar-refractivity contribution is 5.51. The van der Waals surface area contributed by atoms with E-state index in [9.17, 15) is 4.79 Å². The van der Waals surface area contributed by atoms with Crippen LogP contribution >= 0.6 is 0 Å². The molecule has 0 saturated heterocycles. The Morgan fingerprint density at radius 2 is 2.11 bits per heavy atom. The third-order valence-electron chi connectivity index (χ3n) is 2.52. The Bertz CT molecular complexity index is 593. The topological polar surface area (TPSA) is 70.1 Å². The maximum atomic E-state index is 11.5. The molecule has 0 unspecified atom stereocenters. The molecule has 2 aromatic rings. The van der Waals surface area contributed by atoms with Crippen molar-refractivity contribution in [2.24, 2.45) is 0 Å². The molecule has 0 fully saturated rings. The number of ether oxygens (including phenoxy) is 1. The lowest BCUT2D eigenvalue weighted by atomic mass is 10.3. The van der Waals surface area contributed by atoms with E-state index in [1.54, 1.807) is 31.3 Å². The second-order valence-corrected chi connectivity index (χ2v) is 3.93. The number of para-hydroxylation sites is 2. The quantitative estimate of drug-likeness (QED) is 0.822. The molecule has 0 spiro atoms. The van der Waals surface area contributed by atoms with E-state index >= 15 is 0 Å². The van der Waals surface area contributed by atoms with Crippen LogP contribution in [0.1, 0.15) is 5.69 Å². The van der Waals surface area contributed by atoms with Gasteiger partial charge in [-0.05, 0) is 25.1 Å². The number of benzene rings is 1. The largest absolute Gasteiger partial charge is 0.490 e. The zero-order chi connectivity index (χ0) is 13.0. The van der Waals surface area contributed by atoms with E-state index in [1.807, 2.05) is 12.1 Å². The van der Waals surface area contributed by atoms with Gasteiger partial charge < -0.3 is 10.5 Å². The van der Waals surface area contributed by atoms with Crippen LogP contribution in [0.15, 0.2) is 41.3 Å². The summed E-state index contributed by atoms with van der Waals surface area (Å²) in [5.41, 5.74) is 6.78. The van der Waals surface area contributed by atoms with E-state index in [0.29, 0.717) is 30.3 Å². The van der Waals surface area contributed by atoms with Crippen molar-refractivity contribution in [1.29, 1.82) is 0 Å². The van der Waals surface area contributed by atoms with Crippen LogP contribution in [0, 0.1) is 6.92 Å². The van der Waals surface area contributed by atoms with Gasteiger partial charge >= 0.3 is 5.69 Å². The van der Waals surface area contributed by atoms with Crippen molar-refractivity contribution in [2.45, 2.75) is 13.5 Å². The summed E-state index contributed by atoms with van der Waals surface area (Å²) in [5.74, 6) is 0.630. The first-order valence-electron chi connectivity index (χ1n) is 5.68. The van der Waals surface area contributed by atoms with Gasteiger partial charge in [0, 0.05) is 11.9 Å². The highest BCUT2D eigenvalue weighted by Crippen LogP contribution is 2.19. The first-order valence-corrected chi connectivity index (χ1v) is 5.68. The molecule has 5 heteroatoms. The smallest absolute Gasteiger partial charge is 0.347 e. The molecule has 1 aromatic heterocycles. The number of aryl methyl sites for hydroxylation is 1. The zero-order valence-electron chi connectivity index (χ0n) is 10.2. The van der Waals surface area contributed by atoms with Crippen molar-refractivity contribution in [2.75, 3.05) is 12.3 Å². The van der Waals surface area contributed by atoms with Crippen molar-refractivity contribution in [3.8, 4) is 5.75 Å². The number of anilines is 1. The van der Waals surface area contributed by atoms with E-state index in [-0.39, 0.29) is 5.69 Å².